The Morgan fingerprint density at radius 2 is 1.80 bits per heavy atom. The van der Waals surface area contributed by atoms with Crippen molar-refractivity contribution in [2.75, 3.05) is 38.0 Å². The van der Waals surface area contributed by atoms with Crippen LogP contribution in [-0.4, -0.2) is 74.0 Å². The summed E-state index contributed by atoms with van der Waals surface area (Å²) in [5.41, 5.74) is 2.50. The number of ether oxygens (including phenoxy) is 2. The van der Waals surface area contributed by atoms with Crippen LogP contribution < -0.4 is 9.46 Å². The van der Waals surface area contributed by atoms with E-state index < -0.39 is 28.4 Å². The molecule has 3 fully saturated rings. The minimum absolute atomic E-state index is 0.0309. The third-order valence-corrected chi connectivity index (χ3v) is 8.48. The molecule has 2 saturated heterocycles. The molecule has 0 radical (unpaired) electrons. The van der Waals surface area contributed by atoms with Gasteiger partial charge in [0.1, 0.15) is 12.2 Å². The highest BCUT2D eigenvalue weighted by molar-refractivity contribution is 7.90. The molecule has 5 rings (SSSR count). The lowest BCUT2D eigenvalue weighted by Gasteiger charge is -2.20. The van der Waals surface area contributed by atoms with E-state index in [-0.39, 0.29) is 24.0 Å². The number of rotatable bonds is 7. The first kappa shape index (κ1) is 24.0. The second kappa shape index (κ2) is 9.03. The molecule has 1 saturated carbocycles. The molecule has 1 N–H and O–H groups in total. The lowest BCUT2D eigenvalue weighted by atomic mass is 10.0. The van der Waals surface area contributed by atoms with Crippen molar-refractivity contribution in [3.05, 3.63) is 53.0 Å². The Morgan fingerprint density at radius 1 is 1.09 bits per heavy atom. The minimum Gasteiger partial charge on any atom is -0.469 e. The van der Waals surface area contributed by atoms with Gasteiger partial charge in [-0.25, -0.2) is 0 Å². The van der Waals surface area contributed by atoms with Gasteiger partial charge in [0.15, 0.2) is 0 Å². The summed E-state index contributed by atoms with van der Waals surface area (Å²) < 4.78 is 55.0. The maximum Gasteiger partial charge on any atom is 0.301 e. The van der Waals surface area contributed by atoms with E-state index >= 15 is 0 Å². The number of likely N-dealkylation sites (tertiary alicyclic amines) is 1. The number of methoxy groups -OCH3 is 1. The fraction of sp³-hybridized carbons (Fsp3) is 0.500. The van der Waals surface area contributed by atoms with E-state index in [1.807, 2.05) is 32.0 Å². The number of carbonyl (C=O) groups excluding carboxylic acids is 1. The van der Waals surface area contributed by atoms with Crippen LogP contribution in [-0.2, 0) is 14.9 Å². The lowest BCUT2D eigenvalue weighted by Crippen LogP contribution is -2.35. The van der Waals surface area contributed by atoms with Gasteiger partial charge in [0.25, 0.3) is 5.91 Å². The smallest absolute Gasteiger partial charge is 0.301 e. The maximum atomic E-state index is 14.3. The Bertz CT molecular complexity index is 1250. The van der Waals surface area contributed by atoms with Gasteiger partial charge in [-0.15, -0.1) is 0 Å². The number of anilines is 1. The molecular formula is C24H29FN4O5S. The second-order valence-corrected chi connectivity index (χ2v) is 11.3. The molecule has 3 aliphatic rings. The van der Waals surface area contributed by atoms with Crippen molar-refractivity contribution >= 4 is 21.8 Å². The Balaban J connectivity index is 1.29. The van der Waals surface area contributed by atoms with Crippen LogP contribution in [0, 0.1) is 31.6 Å². The molecule has 2 unspecified atom stereocenters. The van der Waals surface area contributed by atoms with Gasteiger partial charge in [0.05, 0.1) is 18.8 Å². The van der Waals surface area contributed by atoms with Gasteiger partial charge < -0.3 is 14.4 Å². The normalized spacial score (nSPS) is 26.0. The number of hydrogen-bond donors (Lipinski definition) is 1. The van der Waals surface area contributed by atoms with Crippen LogP contribution in [0.3, 0.4) is 0 Å². The number of hydrogen-bond acceptors (Lipinski definition) is 6. The van der Waals surface area contributed by atoms with Crippen LogP contribution in [0.4, 0.5) is 10.1 Å². The largest absolute Gasteiger partial charge is 0.469 e. The van der Waals surface area contributed by atoms with Gasteiger partial charge in [-0.05, 0) is 43.7 Å². The van der Waals surface area contributed by atoms with Crippen molar-refractivity contribution in [3.63, 3.8) is 0 Å². The molecule has 2 aromatic rings. The summed E-state index contributed by atoms with van der Waals surface area (Å²) in [7, 11) is -2.27. The van der Waals surface area contributed by atoms with Crippen LogP contribution in [0.1, 0.15) is 27.9 Å². The second-order valence-electron chi connectivity index (χ2n) is 9.66. The summed E-state index contributed by atoms with van der Waals surface area (Å²) >= 11 is 0. The van der Waals surface area contributed by atoms with Crippen LogP contribution in [0.25, 0.3) is 0 Å². The average molecular weight is 505 g/mol. The van der Waals surface area contributed by atoms with E-state index in [0.717, 1.165) is 23.6 Å². The Labute approximate surface area is 204 Å². The zero-order valence-electron chi connectivity index (χ0n) is 19.9. The molecular weight excluding hydrogens is 475 g/mol. The molecule has 0 spiro atoms. The van der Waals surface area contributed by atoms with Crippen molar-refractivity contribution < 1.29 is 27.1 Å². The van der Waals surface area contributed by atoms with E-state index in [1.165, 1.54) is 17.5 Å². The van der Waals surface area contributed by atoms with Crippen molar-refractivity contribution in [2.45, 2.75) is 32.5 Å². The number of halogens is 1. The highest BCUT2D eigenvalue weighted by atomic mass is 32.2. The highest BCUT2D eigenvalue weighted by Crippen LogP contribution is 2.45. The Morgan fingerprint density at radius 3 is 2.51 bits per heavy atom. The van der Waals surface area contributed by atoms with Crippen LogP contribution in [0.2, 0.25) is 0 Å². The first-order chi connectivity index (χ1) is 16.6. The van der Waals surface area contributed by atoms with Gasteiger partial charge in [0.2, 0.25) is 11.8 Å². The summed E-state index contributed by atoms with van der Waals surface area (Å²) in [6, 6.07) is 8.07. The summed E-state index contributed by atoms with van der Waals surface area (Å²) in [5.74, 6) is -0.229. The maximum absolute atomic E-state index is 14.3. The molecule has 3 heterocycles. The zero-order valence-corrected chi connectivity index (χ0v) is 20.7. The van der Waals surface area contributed by atoms with Crippen molar-refractivity contribution in [1.82, 2.24) is 14.2 Å². The molecule has 1 aromatic carbocycles. The van der Waals surface area contributed by atoms with E-state index in [2.05, 4.69) is 9.71 Å². The molecule has 1 amide bonds. The average Bonchev–Trinajstić information content (AvgIpc) is 3.20. The molecule has 0 bridgehead atoms. The molecule has 9 nitrogen and oxygen atoms in total. The van der Waals surface area contributed by atoms with Gasteiger partial charge in [0, 0.05) is 37.9 Å². The van der Waals surface area contributed by atoms with Crippen molar-refractivity contribution in [3.8, 4) is 5.88 Å². The van der Waals surface area contributed by atoms with E-state index in [9.17, 15) is 17.6 Å². The first-order valence-corrected chi connectivity index (χ1v) is 13.1. The predicted molar refractivity (Wildman–Crippen MR) is 127 cm³/mol. The summed E-state index contributed by atoms with van der Waals surface area (Å²) in [6.45, 7) is 5.31. The molecule has 1 aromatic heterocycles. The van der Waals surface area contributed by atoms with Crippen molar-refractivity contribution in [2.24, 2.45) is 11.8 Å². The van der Waals surface area contributed by atoms with Gasteiger partial charge in [-0.1, -0.05) is 17.7 Å². The summed E-state index contributed by atoms with van der Waals surface area (Å²) in [4.78, 5) is 18.6. The lowest BCUT2D eigenvalue weighted by molar-refractivity contribution is 0.0316. The van der Waals surface area contributed by atoms with Crippen LogP contribution in [0.15, 0.2) is 30.3 Å². The quantitative estimate of drug-likeness (QED) is 0.581. The SMILES string of the molecule is COC1CN(C(=O)c2cc(C)ccc2C)CC1Oc1cc(NS(=O)(=O)N2C[C@@H]3C[C@H]3C2)cc(F)n1. The Hall–Kier alpha value is -2.76. The standard InChI is InChI=1S/C24H29FN4O5S/c1-14-4-5-15(2)19(6-14)24(30)28-12-20(33-3)21(13-28)34-23-9-18(8-22(25)26-23)27-35(31,32)29-10-16-7-17(16)11-29/h4-6,8-9,16-17,20-21H,7,10-13H2,1-3H3,(H,26,27)/t16-,17-,20?,21?/m0/s1. The topological polar surface area (TPSA) is 101 Å². The number of nitrogens with one attached hydrogen (secondary N) is 1. The Kier molecular flexibility index (Phi) is 6.18. The van der Waals surface area contributed by atoms with Gasteiger partial charge >= 0.3 is 10.2 Å². The minimum atomic E-state index is -3.79. The fourth-order valence-corrected chi connectivity index (χ4v) is 6.22. The number of aryl methyl sites for hydroxylation is 2. The monoisotopic (exact) mass is 504 g/mol. The predicted octanol–water partition coefficient (Wildman–Crippen LogP) is 2.36. The van der Waals surface area contributed by atoms with E-state index in [0.29, 0.717) is 37.0 Å². The van der Waals surface area contributed by atoms with E-state index in [4.69, 9.17) is 9.47 Å². The number of fused-ring (bicyclic) bond motifs is 1. The molecule has 2 aliphatic heterocycles. The molecule has 4 atom stereocenters. The van der Waals surface area contributed by atoms with Crippen LogP contribution in [0.5, 0.6) is 5.88 Å². The number of amides is 1. The van der Waals surface area contributed by atoms with Crippen molar-refractivity contribution in [1.29, 1.82) is 0 Å². The van der Waals surface area contributed by atoms with E-state index in [1.54, 1.807) is 4.90 Å². The van der Waals surface area contributed by atoms with Gasteiger partial charge in [-0.3, -0.25) is 9.52 Å². The number of carbonyl (C=O) groups is 1. The number of aromatic nitrogens is 1. The number of piperidine rings is 1. The highest BCUT2D eigenvalue weighted by Gasteiger charge is 2.48. The number of nitrogens with zero attached hydrogens (tertiary/aromatic N) is 3. The molecule has 11 heteroatoms. The molecule has 188 valence electrons. The number of pyridine rings is 1. The van der Waals surface area contributed by atoms with Crippen LogP contribution >= 0.6 is 0 Å². The fourth-order valence-electron chi connectivity index (χ4n) is 4.90. The third kappa shape index (κ3) is 4.98. The molecule has 35 heavy (non-hydrogen) atoms. The third-order valence-electron chi connectivity index (χ3n) is 7.00. The number of benzene rings is 1. The molecule has 1 aliphatic carbocycles. The van der Waals surface area contributed by atoms with Gasteiger partial charge in [-0.2, -0.15) is 22.1 Å². The summed E-state index contributed by atoms with van der Waals surface area (Å²) in [5, 5.41) is 0. The first-order valence-electron chi connectivity index (χ1n) is 11.6. The summed E-state index contributed by atoms with van der Waals surface area (Å²) in [6.07, 6.45) is 0.0166. The zero-order chi connectivity index (χ0) is 24.9.